The van der Waals surface area contributed by atoms with Gasteiger partial charge in [-0.15, -0.1) is 12.4 Å². The Hall–Kier alpha value is -1.59. The zero-order valence-corrected chi connectivity index (χ0v) is 11.8. The number of hydrogen-bond acceptors (Lipinski definition) is 3. The molecule has 0 heterocycles. The lowest BCUT2D eigenvalue weighted by molar-refractivity contribution is -0.120. The Morgan fingerprint density at radius 1 is 1.16 bits per heavy atom. The summed E-state index contributed by atoms with van der Waals surface area (Å²) in [5, 5.41) is 5.25. The Bertz CT molecular complexity index is 407. The highest BCUT2D eigenvalue weighted by Gasteiger charge is 2.07. The zero-order chi connectivity index (χ0) is 13.4. The molecule has 2 amide bonds. The van der Waals surface area contributed by atoms with Crippen molar-refractivity contribution < 1.29 is 9.59 Å². The van der Waals surface area contributed by atoms with Crippen LogP contribution in [-0.4, -0.2) is 24.9 Å². The quantitative estimate of drug-likeness (QED) is 0.724. The normalized spacial score (nSPS) is 9.37. The molecule has 0 aliphatic carbocycles. The molecule has 0 aromatic heterocycles. The Kier molecular flexibility index (Phi) is 8.57. The molecule has 4 N–H and O–H groups in total. The van der Waals surface area contributed by atoms with E-state index in [1.54, 1.807) is 24.3 Å². The highest BCUT2D eigenvalue weighted by atomic mass is 35.5. The van der Waals surface area contributed by atoms with Crippen molar-refractivity contribution >= 4 is 24.2 Å². The third-order valence-corrected chi connectivity index (χ3v) is 2.43. The van der Waals surface area contributed by atoms with Crippen LogP contribution in [0.3, 0.4) is 0 Å². The Labute approximate surface area is 119 Å². The molecule has 6 heteroatoms. The monoisotopic (exact) mass is 285 g/mol. The minimum atomic E-state index is -0.259. The van der Waals surface area contributed by atoms with Gasteiger partial charge in [-0.3, -0.25) is 9.59 Å². The van der Waals surface area contributed by atoms with E-state index in [0.717, 1.165) is 12.0 Å². The minimum absolute atomic E-state index is 0. The molecule has 0 spiro atoms. The average molecular weight is 286 g/mol. The molecule has 0 fully saturated rings. The van der Waals surface area contributed by atoms with Gasteiger partial charge >= 0.3 is 0 Å². The summed E-state index contributed by atoms with van der Waals surface area (Å²) in [7, 11) is 0. The number of hydrogen-bond donors (Lipinski definition) is 3. The molecule has 0 radical (unpaired) electrons. The fraction of sp³-hybridized carbons (Fsp3) is 0.385. The van der Waals surface area contributed by atoms with Crippen LogP contribution in [0.5, 0.6) is 0 Å². The summed E-state index contributed by atoms with van der Waals surface area (Å²) >= 11 is 0. The molecule has 1 aromatic carbocycles. The molecule has 19 heavy (non-hydrogen) atoms. The van der Waals surface area contributed by atoms with Crippen LogP contribution in [0, 0.1) is 0 Å². The number of nitrogens with two attached hydrogens (primary N) is 1. The number of amides is 2. The van der Waals surface area contributed by atoms with E-state index in [1.165, 1.54) is 0 Å². The van der Waals surface area contributed by atoms with Gasteiger partial charge < -0.3 is 16.4 Å². The second-order valence-electron chi connectivity index (χ2n) is 3.93. The smallest absolute Gasteiger partial charge is 0.251 e. The summed E-state index contributed by atoms with van der Waals surface area (Å²) in [5.74, 6) is -0.436. The SMILES string of the molecule is CCCNC(=O)CNC(=O)c1ccc(CN)cc1.Cl. The predicted molar refractivity (Wildman–Crippen MR) is 77.2 cm³/mol. The van der Waals surface area contributed by atoms with Gasteiger partial charge in [-0.25, -0.2) is 0 Å². The summed E-state index contributed by atoms with van der Waals surface area (Å²) in [6, 6.07) is 6.99. The molecule has 0 unspecified atom stereocenters. The number of halogens is 1. The van der Waals surface area contributed by atoms with E-state index in [2.05, 4.69) is 10.6 Å². The van der Waals surface area contributed by atoms with Gasteiger partial charge in [0.2, 0.25) is 5.91 Å². The maximum atomic E-state index is 11.7. The average Bonchev–Trinajstić information content (AvgIpc) is 2.42. The lowest BCUT2D eigenvalue weighted by Gasteiger charge is -2.06. The van der Waals surface area contributed by atoms with E-state index in [-0.39, 0.29) is 30.8 Å². The number of rotatable bonds is 6. The molecular formula is C13H20ClN3O2. The second-order valence-corrected chi connectivity index (χ2v) is 3.93. The summed E-state index contributed by atoms with van der Waals surface area (Å²) < 4.78 is 0. The Morgan fingerprint density at radius 3 is 2.32 bits per heavy atom. The standard InChI is InChI=1S/C13H19N3O2.ClH/c1-2-7-15-12(17)9-16-13(18)11-5-3-10(8-14)4-6-11;/h3-6H,2,7-9,14H2,1H3,(H,15,17)(H,16,18);1H. The Balaban J connectivity index is 0.00000324. The summed E-state index contributed by atoms with van der Waals surface area (Å²) in [6.45, 7) is 3.04. The Morgan fingerprint density at radius 2 is 1.79 bits per heavy atom. The van der Waals surface area contributed by atoms with Crippen molar-refractivity contribution in [3.63, 3.8) is 0 Å². The van der Waals surface area contributed by atoms with Gasteiger partial charge in [-0.2, -0.15) is 0 Å². The van der Waals surface area contributed by atoms with E-state index in [9.17, 15) is 9.59 Å². The van der Waals surface area contributed by atoms with E-state index >= 15 is 0 Å². The van der Waals surface area contributed by atoms with E-state index in [0.29, 0.717) is 18.7 Å². The first-order chi connectivity index (χ1) is 8.67. The van der Waals surface area contributed by atoms with Crippen LogP contribution in [0.15, 0.2) is 24.3 Å². The number of carbonyl (C=O) groups is 2. The van der Waals surface area contributed by atoms with E-state index < -0.39 is 0 Å². The molecule has 0 saturated carbocycles. The minimum Gasteiger partial charge on any atom is -0.355 e. The van der Waals surface area contributed by atoms with E-state index in [4.69, 9.17) is 5.73 Å². The van der Waals surface area contributed by atoms with Crippen molar-refractivity contribution in [3.05, 3.63) is 35.4 Å². The number of benzene rings is 1. The van der Waals surface area contributed by atoms with Crippen LogP contribution < -0.4 is 16.4 Å². The molecule has 106 valence electrons. The highest BCUT2D eigenvalue weighted by Crippen LogP contribution is 2.03. The summed E-state index contributed by atoms with van der Waals surface area (Å²) in [6.07, 6.45) is 0.875. The van der Waals surface area contributed by atoms with Gasteiger partial charge in [0.1, 0.15) is 0 Å². The van der Waals surface area contributed by atoms with Crippen molar-refractivity contribution in [1.29, 1.82) is 0 Å². The van der Waals surface area contributed by atoms with Gasteiger partial charge in [-0.05, 0) is 24.1 Å². The third kappa shape index (κ3) is 6.22. The van der Waals surface area contributed by atoms with Gasteiger partial charge in [0.15, 0.2) is 0 Å². The molecule has 5 nitrogen and oxygen atoms in total. The maximum Gasteiger partial charge on any atom is 0.251 e. The fourth-order valence-corrected chi connectivity index (χ4v) is 1.38. The van der Waals surface area contributed by atoms with Crippen LogP contribution in [-0.2, 0) is 11.3 Å². The molecule has 0 saturated heterocycles. The van der Waals surface area contributed by atoms with Gasteiger partial charge in [0.05, 0.1) is 6.54 Å². The molecule has 0 aliphatic rings. The van der Waals surface area contributed by atoms with Crippen molar-refractivity contribution in [1.82, 2.24) is 10.6 Å². The number of carbonyl (C=O) groups excluding carboxylic acids is 2. The largest absolute Gasteiger partial charge is 0.355 e. The topological polar surface area (TPSA) is 84.2 Å². The van der Waals surface area contributed by atoms with Crippen molar-refractivity contribution in [2.45, 2.75) is 19.9 Å². The first-order valence-electron chi connectivity index (χ1n) is 6.01. The molecular weight excluding hydrogens is 266 g/mol. The van der Waals surface area contributed by atoms with Gasteiger partial charge in [0, 0.05) is 18.7 Å². The van der Waals surface area contributed by atoms with E-state index in [1.807, 2.05) is 6.92 Å². The van der Waals surface area contributed by atoms with Crippen LogP contribution >= 0.6 is 12.4 Å². The molecule has 1 aromatic rings. The highest BCUT2D eigenvalue weighted by molar-refractivity contribution is 5.96. The van der Waals surface area contributed by atoms with Gasteiger partial charge in [-0.1, -0.05) is 19.1 Å². The van der Waals surface area contributed by atoms with Crippen molar-refractivity contribution in [2.75, 3.05) is 13.1 Å². The van der Waals surface area contributed by atoms with Crippen molar-refractivity contribution in [3.8, 4) is 0 Å². The summed E-state index contributed by atoms with van der Waals surface area (Å²) in [5.41, 5.74) is 6.96. The summed E-state index contributed by atoms with van der Waals surface area (Å²) in [4.78, 5) is 23.0. The third-order valence-electron chi connectivity index (χ3n) is 2.43. The van der Waals surface area contributed by atoms with Gasteiger partial charge in [0.25, 0.3) is 5.91 Å². The zero-order valence-electron chi connectivity index (χ0n) is 10.9. The predicted octanol–water partition coefficient (Wildman–Crippen LogP) is 0.823. The maximum absolute atomic E-state index is 11.7. The lowest BCUT2D eigenvalue weighted by atomic mass is 10.1. The molecule has 0 bridgehead atoms. The molecule has 0 aliphatic heterocycles. The molecule has 0 atom stereocenters. The lowest BCUT2D eigenvalue weighted by Crippen LogP contribution is -2.37. The number of nitrogens with one attached hydrogen (secondary N) is 2. The van der Waals surface area contributed by atoms with Crippen LogP contribution in [0.25, 0.3) is 0 Å². The van der Waals surface area contributed by atoms with Crippen LogP contribution in [0.2, 0.25) is 0 Å². The molecule has 1 rings (SSSR count). The second kappa shape index (κ2) is 9.35. The van der Waals surface area contributed by atoms with Crippen LogP contribution in [0.1, 0.15) is 29.3 Å². The first kappa shape index (κ1) is 17.4. The van der Waals surface area contributed by atoms with Crippen molar-refractivity contribution in [2.24, 2.45) is 5.73 Å². The fourth-order valence-electron chi connectivity index (χ4n) is 1.38. The first-order valence-corrected chi connectivity index (χ1v) is 6.01. The van der Waals surface area contributed by atoms with Crippen LogP contribution in [0.4, 0.5) is 0 Å².